The third kappa shape index (κ3) is 4.13. The third-order valence-electron chi connectivity index (χ3n) is 4.01. The number of hydrogen-bond acceptors (Lipinski definition) is 2. The molecule has 0 aliphatic carbocycles. The summed E-state index contributed by atoms with van der Waals surface area (Å²) in [4.78, 5) is 2.44. The van der Waals surface area contributed by atoms with Crippen LogP contribution in [0.5, 0.6) is 0 Å². The van der Waals surface area contributed by atoms with Gasteiger partial charge in [-0.3, -0.25) is 0 Å². The average molecular weight is 295 g/mol. The fourth-order valence-electron chi connectivity index (χ4n) is 2.96. The van der Waals surface area contributed by atoms with Crippen molar-refractivity contribution in [3.8, 4) is 0 Å². The van der Waals surface area contributed by atoms with E-state index in [0.717, 1.165) is 37.6 Å². The second-order valence-corrected chi connectivity index (χ2v) is 7.06. The molecule has 1 aliphatic rings. The van der Waals surface area contributed by atoms with Crippen LogP contribution in [0.3, 0.4) is 0 Å². The van der Waals surface area contributed by atoms with Crippen molar-refractivity contribution >= 4 is 17.3 Å². The Morgan fingerprint density at radius 3 is 2.80 bits per heavy atom. The van der Waals surface area contributed by atoms with E-state index in [2.05, 4.69) is 49.2 Å². The second-order valence-electron chi connectivity index (χ2n) is 6.65. The SMILES string of the molecule is CCCNCc1ccc(N2CCCC(C)(C)C2)c(Cl)c1. The number of benzene rings is 1. The Morgan fingerprint density at radius 1 is 1.35 bits per heavy atom. The molecule has 2 rings (SSSR count). The molecule has 1 heterocycles. The van der Waals surface area contributed by atoms with Crippen LogP contribution in [0.1, 0.15) is 45.6 Å². The van der Waals surface area contributed by atoms with Gasteiger partial charge in [0.2, 0.25) is 0 Å². The molecule has 0 atom stereocenters. The van der Waals surface area contributed by atoms with Crippen molar-refractivity contribution in [2.75, 3.05) is 24.5 Å². The van der Waals surface area contributed by atoms with E-state index >= 15 is 0 Å². The minimum absolute atomic E-state index is 0.392. The fraction of sp³-hybridized carbons (Fsp3) is 0.647. The highest BCUT2D eigenvalue weighted by Gasteiger charge is 2.27. The van der Waals surface area contributed by atoms with Gasteiger partial charge in [0.25, 0.3) is 0 Å². The van der Waals surface area contributed by atoms with Crippen molar-refractivity contribution in [2.45, 2.75) is 46.6 Å². The molecule has 0 amide bonds. The Morgan fingerprint density at radius 2 is 2.15 bits per heavy atom. The highest BCUT2D eigenvalue weighted by molar-refractivity contribution is 6.33. The Labute approximate surface area is 128 Å². The lowest BCUT2D eigenvalue weighted by Crippen LogP contribution is -2.40. The predicted octanol–water partition coefficient (Wildman–Crippen LogP) is 4.47. The van der Waals surface area contributed by atoms with Crippen LogP contribution in [0.25, 0.3) is 0 Å². The van der Waals surface area contributed by atoms with Gasteiger partial charge in [-0.05, 0) is 48.9 Å². The van der Waals surface area contributed by atoms with Gasteiger partial charge < -0.3 is 10.2 Å². The number of hydrogen-bond donors (Lipinski definition) is 1. The van der Waals surface area contributed by atoms with E-state index in [-0.39, 0.29) is 0 Å². The van der Waals surface area contributed by atoms with E-state index in [0.29, 0.717) is 5.41 Å². The minimum Gasteiger partial charge on any atom is -0.370 e. The maximum absolute atomic E-state index is 6.50. The summed E-state index contributed by atoms with van der Waals surface area (Å²) in [6, 6.07) is 6.50. The van der Waals surface area contributed by atoms with E-state index in [1.807, 2.05) is 0 Å². The Kier molecular flexibility index (Phi) is 5.34. The van der Waals surface area contributed by atoms with Crippen LogP contribution in [0.15, 0.2) is 18.2 Å². The van der Waals surface area contributed by atoms with E-state index in [1.54, 1.807) is 0 Å². The zero-order valence-corrected chi connectivity index (χ0v) is 13.8. The van der Waals surface area contributed by atoms with Crippen LogP contribution in [-0.4, -0.2) is 19.6 Å². The molecule has 1 aromatic rings. The first-order valence-corrected chi connectivity index (χ1v) is 8.14. The molecule has 1 aromatic carbocycles. The molecule has 2 nitrogen and oxygen atoms in total. The van der Waals surface area contributed by atoms with Crippen molar-refractivity contribution < 1.29 is 0 Å². The van der Waals surface area contributed by atoms with Crippen molar-refractivity contribution in [1.82, 2.24) is 5.32 Å². The van der Waals surface area contributed by atoms with Crippen LogP contribution < -0.4 is 10.2 Å². The molecular weight excluding hydrogens is 268 g/mol. The fourth-order valence-corrected chi connectivity index (χ4v) is 3.28. The lowest BCUT2D eigenvalue weighted by atomic mass is 9.84. The average Bonchev–Trinajstić information content (AvgIpc) is 2.38. The molecule has 0 saturated carbocycles. The molecule has 0 radical (unpaired) electrons. The van der Waals surface area contributed by atoms with E-state index in [4.69, 9.17) is 11.6 Å². The van der Waals surface area contributed by atoms with Gasteiger partial charge in [-0.2, -0.15) is 0 Å². The summed E-state index contributed by atoms with van der Waals surface area (Å²) in [7, 11) is 0. The lowest BCUT2D eigenvalue weighted by molar-refractivity contribution is 0.293. The smallest absolute Gasteiger partial charge is 0.0642 e. The van der Waals surface area contributed by atoms with E-state index < -0.39 is 0 Å². The minimum atomic E-state index is 0.392. The zero-order valence-electron chi connectivity index (χ0n) is 13.0. The number of rotatable bonds is 5. The highest BCUT2D eigenvalue weighted by atomic mass is 35.5. The molecule has 0 bridgehead atoms. The highest BCUT2D eigenvalue weighted by Crippen LogP contribution is 2.35. The number of nitrogens with one attached hydrogen (secondary N) is 1. The van der Waals surface area contributed by atoms with Crippen molar-refractivity contribution in [1.29, 1.82) is 0 Å². The summed E-state index contributed by atoms with van der Waals surface area (Å²) in [6.07, 6.45) is 3.72. The first-order chi connectivity index (χ1) is 9.52. The summed E-state index contributed by atoms with van der Waals surface area (Å²) in [6.45, 7) is 11.0. The molecule has 0 unspecified atom stereocenters. The number of halogens is 1. The van der Waals surface area contributed by atoms with Gasteiger partial charge in [0.05, 0.1) is 10.7 Å². The standard InChI is InChI=1S/C17H27ClN2/c1-4-9-19-12-14-6-7-16(15(18)11-14)20-10-5-8-17(2,3)13-20/h6-7,11,19H,4-5,8-10,12-13H2,1-3H3. The molecule has 20 heavy (non-hydrogen) atoms. The first-order valence-electron chi connectivity index (χ1n) is 7.76. The molecule has 3 heteroatoms. The topological polar surface area (TPSA) is 15.3 Å². The van der Waals surface area contributed by atoms with Gasteiger partial charge in [0.15, 0.2) is 0 Å². The quantitative estimate of drug-likeness (QED) is 0.806. The van der Waals surface area contributed by atoms with Crippen LogP contribution in [0.2, 0.25) is 5.02 Å². The molecule has 1 fully saturated rings. The van der Waals surface area contributed by atoms with Crippen LogP contribution >= 0.6 is 11.6 Å². The van der Waals surface area contributed by atoms with Gasteiger partial charge in [-0.25, -0.2) is 0 Å². The monoisotopic (exact) mass is 294 g/mol. The number of piperidine rings is 1. The number of anilines is 1. The maximum Gasteiger partial charge on any atom is 0.0642 e. The van der Waals surface area contributed by atoms with E-state index in [1.165, 1.54) is 24.1 Å². The maximum atomic E-state index is 6.50. The molecule has 112 valence electrons. The molecule has 1 saturated heterocycles. The summed E-state index contributed by atoms with van der Waals surface area (Å²) >= 11 is 6.50. The first kappa shape index (κ1) is 15.7. The molecular formula is C17H27ClN2. The number of nitrogens with zero attached hydrogens (tertiary/aromatic N) is 1. The van der Waals surface area contributed by atoms with Crippen molar-refractivity contribution in [3.63, 3.8) is 0 Å². The van der Waals surface area contributed by atoms with Gasteiger partial charge in [0.1, 0.15) is 0 Å². The van der Waals surface area contributed by atoms with Crippen LogP contribution in [0.4, 0.5) is 5.69 Å². The summed E-state index contributed by atoms with van der Waals surface area (Å²) in [5, 5.41) is 4.31. The van der Waals surface area contributed by atoms with Gasteiger partial charge in [0, 0.05) is 19.6 Å². The Balaban J connectivity index is 2.05. The zero-order chi connectivity index (χ0) is 14.6. The van der Waals surface area contributed by atoms with Gasteiger partial charge in [-0.1, -0.05) is 38.4 Å². The molecule has 1 aliphatic heterocycles. The van der Waals surface area contributed by atoms with Gasteiger partial charge >= 0.3 is 0 Å². The predicted molar refractivity (Wildman–Crippen MR) is 88.7 cm³/mol. The van der Waals surface area contributed by atoms with Crippen molar-refractivity contribution in [2.24, 2.45) is 5.41 Å². The molecule has 0 aromatic heterocycles. The third-order valence-corrected chi connectivity index (χ3v) is 4.31. The Hall–Kier alpha value is -0.730. The van der Waals surface area contributed by atoms with E-state index in [9.17, 15) is 0 Å². The molecule has 0 spiro atoms. The summed E-state index contributed by atoms with van der Waals surface area (Å²) in [5.74, 6) is 0. The van der Waals surface area contributed by atoms with Crippen LogP contribution in [-0.2, 0) is 6.54 Å². The van der Waals surface area contributed by atoms with Crippen LogP contribution in [0, 0.1) is 5.41 Å². The summed E-state index contributed by atoms with van der Waals surface area (Å²) in [5.41, 5.74) is 2.85. The largest absolute Gasteiger partial charge is 0.370 e. The second kappa shape index (κ2) is 6.82. The normalized spacial score (nSPS) is 18.3. The Bertz CT molecular complexity index is 443. The van der Waals surface area contributed by atoms with Gasteiger partial charge in [-0.15, -0.1) is 0 Å². The van der Waals surface area contributed by atoms with Crippen molar-refractivity contribution in [3.05, 3.63) is 28.8 Å². The lowest BCUT2D eigenvalue weighted by Gasteiger charge is -2.39. The molecule has 1 N–H and O–H groups in total. The summed E-state index contributed by atoms with van der Waals surface area (Å²) < 4.78 is 0.